The van der Waals surface area contributed by atoms with Gasteiger partial charge in [-0.05, 0) is 24.2 Å². The second-order valence-electron chi connectivity index (χ2n) is 5.71. The molecule has 0 aliphatic carbocycles. The van der Waals surface area contributed by atoms with Crippen LogP contribution in [0.5, 0.6) is 0 Å². The monoisotopic (exact) mass is 341 g/mol. The molecular formula is C12H28IN3. The first-order chi connectivity index (χ1) is 6.81. The van der Waals surface area contributed by atoms with Gasteiger partial charge in [0.1, 0.15) is 0 Å². The average Bonchev–Trinajstić information content (AvgIpc) is 2.07. The standard InChI is InChI=1S/C12H27N3.HI/c1-10(2)9-15-11(13)14-8-6-7-12(3,4)5;/h10H,6-9H2,1-5H3,(H3,13,14,15);1H. The van der Waals surface area contributed by atoms with Crippen LogP contribution in [0.4, 0.5) is 0 Å². The molecule has 0 fully saturated rings. The summed E-state index contributed by atoms with van der Waals surface area (Å²) in [7, 11) is 0. The van der Waals surface area contributed by atoms with Crippen LogP contribution in [0.25, 0.3) is 0 Å². The van der Waals surface area contributed by atoms with Crippen LogP contribution < -0.4 is 11.1 Å². The zero-order chi connectivity index (χ0) is 11.9. The van der Waals surface area contributed by atoms with Crippen LogP contribution in [0.3, 0.4) is 0 Å². The van der Waals surface area contributed by atoms with Crippen LogP contribution in [0.15, 0.2) is 4.99 Å². The normalized spacial score (nSPS) is 12.5. The molecule has 0 saturated carbocycles. The Morgan fingerprint density at radius 2 is 1.88 bits per heavy atom. The van der Waals surface area contributed by atoms with Crippen LogP contribution in [-0.4, -0.2) is 19.0 Å². The second kappa shape index (κ2) is 9.07. The van der Waals surface area contributed by atoms with Crippen molar-refractivity contribution in [2.45, 2.75) is 47.5 Å². The van der Waals surface area contributed by atoms with Crippen LogP contribution in [0.2, 0.25) is 0 Å². The van der Waals surface area contributed by atoms with Gasteiger partial charge in [-0.1, -0.05) is 34.6 Å². The SMILES string of the molecule is CC(C)CN=C(N)NCCCC(C)(C)C.I. The van der Waals surface area contributed by atoms with Crippen molar-refractivity contribution in [1.82, 2.24) is 5.32 Å². The Hall–Kier alpha value is 0. The summed E-state index contributed by atoms with van der Waals surface area (Å²) in [5.41, 5.74) is 6.12. The Morgan fingerprint density at radius 1 is 1.31 bits per heavy atom. The van der Waals surface area contributed by atoms with Gasteiger partial charge < -0.3 is 11.1 Å². The summed E-state index contributed by atoms with van der Waals surface area (Å²) in [6, 6.07) is 0. The first-order valence-corrected chi connectivity index (χ1v) is 5.85. The highest BCUT2D eigenvalue weighted by Gasteiger charge is 2.08. The number of halogens is 1. The number of nitrogens with one attached hydrogen (secondary N) is 1. The van der Waals surface area contributed by atoms with E-state index >= 15 is 0 Å². The van der Waals surface area contributed by atoms with Gasteiger partial charge in [-0.15, -0.1) is 24.0 Å². The van der Waals surface area contributed by atoms with E-state index in [4.69, 9.17) is 5.73 Å². The number of aliphatic imine (C=N–C) groups is 1. The molecule has 0 heterocycles. The molecule has 0 radical (unpaired) electrons. The van der Waals surface area contributed by atoms with E-state index in [0.29, 0.717) is 17.3 Å². The van der Waals surface area contributed by atoms with Crippen molar-refractivity contribution in [2.24, 2.45) is 22.1 Å². The fourth-order valence-corrected chi connectivity index (χ4v) is 1.17. The molecule has 0 aliphatic rings. The predicted molar refractivity (Wildman–Crippen MR) is 83.4 cm³/mol. The lowest BCUT2D eigenvalue weighted by Gasteiger charge is -2.17. The predicted octanol–water partition coefficient (Wildman–Crippen LogP) is 2.99. The number of nitrogens with two attached hydrogens (primary N) is 1. The molecule has 0 saturated heterocycles. The fourth-order valence-electron chi connectivity index (χ4n) is 1.17. The molecule has 3 N–H and O–H groups in total. The number of nitrogens with zero attached hydrogens (tertiary/aromatic N) is 1. The minimum Gasteiger partial charge on any atom is -0.370 e. The molecule has 0 unspecified atom stereocenters. The topological polar surface area (TPSA) is 50.4 Å². The lowest BCUT2D eigenvalue weighted by atomic mass is 9.91. The summed E-state index contributed by atoms with van der Waals surface area (Å²) in [4.78, 5) is 4.24. The molecule has 0 atom stereocenters. The third-order valence-corrected chi connectivity index (χ3v) is 2.04. The highest BCUT2D eigenvalue weighted by Crippen LogP contribution is 2.19. The Morgan fingerprint density at radius 3 is 2.31 bits per heavy atom. The quantitative estimate of drug-likeness (QED) is 0.350. The van der Waals surface area contributed by atoms with Crippen LogP contribution in [0, 0.1) is 11.3 Å². The van der Waals surface area contributed by atoms with Crippen LogP contribution in [-0.2, 0) is 0 Å². The molecule has 0 bridgehead atoms. The smallest absolute Gasteiger partial charge is 0.188 e. The van der Waals surface area contributed by atoms with Gasteiger partial charge in [0, 0.05) is 13.1 Å². The summed E-state index contributed by atoms with van der Waals surface area (Å²) in [5.74, 6) is 1.15. The van der Waals surface area contributed by atoms with Crippen LogP contribution in [0.1, 0.15) is 47.5 Å². The molecule has 0 spiro atoms. The van der Waals surface area contributed by atoms with Crippen molar-refractivity contribution in [3.63, 3.8) is 0 Å². The Kier molecular flexibility index (Phi) is 10.4. The first kappa shape index (κ1) is 18.4. The van der Waals surface area contributed by atoms with Crippen molar-refractivity contribution >= 4 is 29.9 Å². The number of hydrogen-bond donors (Lipinski definition) is 2. The summed E-state index contributed by atoms with van der Waals surface area (Å²) >= 11 is 0. The van der Waals surface area contributed by atoms with E-state index in [1.807, 2.05) is 0 Å². The van der Waals surface area contributed by atoms with Gasteiger partial charge >= 0.3 is 0 Å². The minimum absolute atomic E-state index is 0. The maximum Gasteiger partial charge on any atom is 0.188 e. The molecule has 4 heteroatoms. The highest BCUT2D eigenvalue weighted by molar-refractivity contribution is 14.0. The van der Waals surface area contributed by atoms with Gasteiger partial charge in [-0.2, -0.15) is 0 Å². The van der Waals surface area contributed by atoms with Gasteiger partial charge in [-0.25, -0.2) is 0 Å². The van der Waals surface area contributed by atoms with Crippen LogP contribution >= 0.6 is 24.0 Å². The number of rotatable bonds is 5. The van der Waals surface area contributed by atoms with Crippen molar-refractivity contribution in [2.75, 3.05) is 13.1 Å². The Balaban J connectivity index is 0. The number of hydrogen-bond acceptors (Lipinski definition) is 1. The zero-order valence-corrected chi connectivity index (χ0v) is 13.7. The molecule has 98 valence electrons. The molecular weight excluding hydrogens is 313 g/mol. The second-order valence-corrected chi connectivity index (χ2v) is 5.71. The Labute approximate surface area is 118 Å². The third-order valence-electron chi connectivity index (χ3n) is 2.04. The average molecular weight is 341 g/mol. The van der Waals surface area contributed by atoms with E-state index < -0.39 is 0 Å². The maximum atomic E-state index is 5.71. The Bertz CT molecular complexity index is 195. The van der Waals surface area contributed by atoms with Gasteiger partial charge in [0.25, 0.3) is 0 Å². The lowest BCUT2D eigenvalue weighted by Crippen LogP contribution is -2.33. The van der Waals surface area contributed by atoms with Gasteiger partial charge in [-0.3, -0.25) is 4.99 Å². The largest absolute Gasteiger partial charge is 0.370 e. The van der Waals surface area contributed by atoms with E-state index in [2.05, 4.69) is 44.9 Å². The van der Waals surface area contributed by atoms with Crippen molar-refractivity contribution in [3.05, 3.63) is 0 Å². The molecule has 0 aromatic rings. The number of guanidine groups is 1. The molecule has 0 rings (SSSR count). The molecule has 0 aliphatic heterocycles. The molecule has 0 aromatic heterocycles. The summed E-state index contributed by atoms with van der Waals surface area (Å²) in [6.07, 6.45) is 2.35. The minimum atomic E-state index is 0. The first-order valence-electron chi connectivity index (χ1n) is 5.85. The van der Waals surface area contributed by atoms with Gasteiger partial charge in [0.15, 0.2) is 5.96 Å². The molecule has 0 amide bonds. The van der Waals surface area contributed by atoms with E-state index in [1.54, 1.807) is 0 Å². The van der Waals surface area contributed by atoms with E-state index in [-0.39, 0.29) is 24.0 Å². The van der Waals surface area contributed by atoms with E-state index in [9.17, 15) is 0 Å². The fraction of sp³-hybridized carbons (Fsp3) is 0.917. The van der Waals surface area contributed by atoms with Crippen molar-refractivity contribution in [3.8, 4) is 0 Å². The van der Waals surface area contributed by atoms with Crippen molar-refractivity contribution in [1.29, 1.82) is 0 Å². The maximum absolute atomic E-state index is 5.71. The van der Waals surface area contributed by atoms with E-state index in [0.717, 1.165) is 19.5 Å². The molecule has 0 aromatic carbocycles. The summed E-state index contributed by atoms with van der Waals surface area (Å²) in [5, 5.41) is 3.14. The van der Waals surface area contributed by atoms with Gasteiger partial charge in [0.05, 0.1) is 0 Å². The third kappa shape index (κ3) is 14.0. The van der Waals surface area contributed by atoms with E-state index in [1.165, 1.54) is 6.42 Å². The highest BCUT2D eigenvalue weighted by atomic mass is 127. The zero-order valence-electron chi connectivity index (χ0n) is 11.3. The summed E-state index contributed by atoms with van der Waals surface area (Å²) < 4.78 is 0. The molecule has 16 heavy (non-hydrogen) atoms. The summed E-state index contributed by atoms with van der Waals surface area (Å²) in [6.45, 7) is 12.8. The lowest BCUT2D eigenvalue weighted by molar-refractivity contribution is 0.365. The van der Waals surface area contributed by atoms with Gasteiger partial charge in [0.2, 0.25) is 0 Å². The van der Waals surface area contributed by atoms with Crippen molar-refractivity contribution < 1.29 is 0 Å². The molecule has 3 nitrogen and oxygen atoms in total.